The smallest absolute Gasteiger partial charge is 0.102 e. The molecule has 2 heteroatoms. The molecule has 0 amide bonds. The largest absolute Gasteiger partial charge is 0.214 e. The molecule has 1 aromatic carbocycles. The predicted octanol–water partition coefficient (Wildman–Crippen LogP) is 2.19. The third kappa shape index (κ3) is 11.6. The summed E-state index contributed by atoms with van der Waals surface area (Å²) in [4.78, 5) is 0. The summed E-state index contributed by atoms with van der Waals surface area (Å²) in [6.07, 6.45) is 0. The van der Waals surface area contributed by atoms with Crippen LogP contribution in [0.1, 0.15) is 0 Å². The molecule has 0 nitrogen and oxygen atoms in total. The molecule has 0 saturated heterocycles. The fourth-order valence-corrected chi connectivity index (χ4v) is 0.321. The topological polar surface area (TPSA) is 0 Å². The summed E-state index contributed by atoms with van der Waals surface area (Å²) in [5, 5.41) is 0. The molecule has 1 radical (unpaired) electrons. The first-order valence-electron chi connectivity index (χ1n) is 2.82. The maximum Gasteiger partial charge on any atom is 0.102 e. The van der Waals surface area contributed by atoms with Crippen LogP contribution >= 0.6 is 0 Å². The van der Waals surface area contributed by atoms with E-state index in [0.29, 0.717) is 0 Å². The van der Waals surface area contributed by atoms with E-state index >= 15 is 0 Å². The molecule has 0 aliphatic carbocycles. The summed E-state index contributed by atoms with van der Waals surface area (Å²) in [5.41, 5.74) is 0. The first kappa shape index (κ1) is 11.9. The van der Waals surface area contributed by atoms with E-state index in [0.717, 1.165) is 0 Å². The van der Waals surface area contributed by atoms with E-state index in [-0.39, 0.29) is 21.7 Å². The van der Waals surface area contributed by atoms with Gasteiger partial charge in [-0.25, -0.2) is 12.1 Å². The van der Waals surface area contributed by atoms with Gasteiger partial charge in [-0.2, -0.15) is 18.2 Å². The molecule has 0 saturated carbocycles. The molecular weight excluding hydrogens is 143 g/mol. The van der Waals surface area contributed by atoms with Crippen molar-refractivity contribution in [2.45, 2.75) is 13.6 Å². The van der Waals surface area contributed by atoms with E-state index in [4.69, 9.17) is 0 Å². The SMILES string of the molecule is C[B]C.[Ti].c1cc[cH-]c1. The van der Waals surface area contributed by atoms with Crippen molar-refractivity contribution >= 4 is 7.28 Å². The second kappa shape index (κ2) is 11.0. The van der Waals surface area contributed by atoms with Gasteiger partial charge in [-0.3, -0.25) is 0 Å². The Hall–Kier alpha value is 0.129. The molecule has 0 spiro atoms. The summed E-state index contributed by atoms with van der Waals surface area (Å²) >= 11 is 0. The monoisotopic (exact) mass is 154 g/mol. The van der Waals surface area contributed by atoms with E-state index in [2.05, 4.69) is 0 Å². The molecule has 0 unspecified atom stereocenters. The van der Waals surface area contributed by atoms with Gasteiger partial charge in [0, 0.05) is 21.7 Å². The van der Waals surface area contributed by atoms with Gasteiger partial charge in [-0.05, 0) is 0 Å². The number of hydrogen-bond donors (Lipinski definition) is 0. The van der Waals surface area contributed by atoms with Gasteiger partial charge < -0.3 is 0 Å². The molecule has 47 valence electrons. The molecule has 0 heterocycles. The number of rotatable bonds is 0. The molecule has 0 aliphatic heterocycles. The average Bonchev–Trinajstić information content (AvgIpc) is 2.17. The third-order valence-electron chi connectivity index (χ3n) is 0.556. The minimum atomic E-state index is 0. The van der Waals surface area contributed by atoms with Crippen LogP contribution in [0.4, 0.5) is 0 Å². The summed E-state index contributed by atoms with van der Waals surface area (Å²) in [6, 6.07) is 10.0. The Labute approximate surface area is 73.2 Å². The average molecular weight is 154 g/mol. The van der Waals surface area contributed by atoms with Gasteiger partial charge in [0.1, 0.15) is 7.28 Å². The van der Waals surface area contributed by atoms with Crippen LogP contribution in [-0.4, -0.2) is 7.28 Å². The van der Waals surface area contributed by atoms with Crippen LogP contribution in [0.3, 0.4) is 0 Å². The fourth-order valence-electron chi connectivity index (χ4n) is 0.321. The summed E-state index contributed by atoms with van der Waals surface area (Å²) in [5.74, 6) is 0. The zero-order valence-corrected chi connectivity index (χ0v) is 7.53. The van der Waals surface area contributed by atoms with Gasteiger partial charge in [0.2, 0.25) is 0 Å². The normalized spacial score (nSPS) is 6.00. The molecular formula is C7H11BTi-. The maximum absolute atomic E-state index is 2.00. The molecule has 9 heavy (non-hydrogen) atoms. The molecule has 0 atom stereocenters. The Morgan fingerprint density at radius 2 is 1.44 bits per heavy atom. The maximum atomic E-state index is 2.00. The Kier molecular flexibility index (Phi) is 14.5. The molecule has 0 fully saturated rings. The van der Waals surface area contributed by atoms with Crippen LogP contribution in [0.2, 0.25) is 13.6 Å². The quantitative estimate of drug-likeness (QED) is 0.396. The zero-order chi connectivity index (χ0) is 6.24. The van der Waals surface area contributed by atoms with Gasteiger partial charge >= 0.3 is 0 Å². The molecule has 0 N–H and O–H groups in total. The van der Waals surface area contributed by atoms with Crippen molar-refractivity contribution in [3.05, 3.63) is 30.3 Å². The fraction of sp³-hybridized carbons (Fsp3) is 0.286. The molecule has 0 aromatic heterocycles. The first-order chi connectivity index (χ1) is 3.91. The summed E-state index contributed by atoms with van der Waals surface area (Å²) in [6.45, 7) is 4.00. The van der Waals surface area contributed by atoms with E-state index in [9.17, 15) is 0 Å². The standard InChI is InChI=1S/C5H5.C2H6B.Ti/c1-2-4-5-3-1;1-3-2;/h1-5H;1-2H3;/q-1;;. The molecule has 0 bridgehead atoms. The van der Waals surface area contributed by atoms with Crippen molar-refractivity contribution in [2.75, 3.05) is 0 Å². The van der Waals surface area contributed by atoms with Crippen LogP contribution in [-0.2, 0) is 21.7 Å². The van der Waals surface area contributed by atoms with Crippen LogP contribution < -0.4 is 0 Å². The van der Waals surface area contributed by atoms with Crippen LogP contribution in [0.25, 0.3) is 0 Å². The molecule has 1 aromatic rings. The molecule has 0 aliphatic rings. The van der Waals surface area contributed by atoms with Crippen molar-refractivity contribution in [3.63, 3.8) is 0 Å². The Morgan fingerprint density at radius 1 is 1.11 bits per heavy atom. The van der Waals surface area contributed by atoms with Crippen LogP contribution in [0.5, 0.6) is 0 Å². The van der Waals surface area contributed by atoms with E-state index in [1.165, 1.54) is 0 Å². The first-order valence-corrected chi connectivity index (χ1v) is 2.82. The van der Waals surface area contributed by atoms with Gasteiger partial charge in [0.05, 0.1) is 0 Å². The van der Waals surface area contributed by atoms with Gasteiger partial charge in [-0.15, -0.1) is 0 Å². The molecule has 1 rings (SSSR count). The zero-order valence-electron chi connectivity index (χ0n) is 5.96. The minimum absolute atomic E-state index is 0. The van der Waals surface area contributed by atoms with E-state index in [1.54, 1.807) is 0 Å². The number of hydrogen-bond acceptors (Lipinski definition) is 0. The third-order valence-corrected chi connectivity index (χ3v) is 0.556. The second-order valence-electron chi connectivity index (χ2n) is 1.54. The Morgan fingerprint density at radius 3 is 1.56 bits per heavy atom. The van der Waals surface area contributed by atoms with Crippen molar-refractivity contribution in [2.24, 2.45) is 0 Å². The van der Waals surface area contributed by atoms with E-state index in [1.807, 2.05) is 51.3 Å². The van der Waals surface area contributed by atoms with Crippen LogP contribution in [0.15, 0.2) is 30.3 Å². The Balaban J connectivity index is 0. The van der Waals surface area contributed by atoms with Gasteiger partial charge in [0.25, 0.3) is 0 Å². The summed E-state index contributed by atoms with van der Waals surface area (Å²) in [7, 11) is 2.00. The van der Waals surface area contributed by atoms with Gasteiger partial charge in [-0.1, -0.05) is 13.6 Å². The minimum Gasteiger partial charge on any atom is -0.214 e. The van der Waals surface area contributed by atoms with Crippen molar-refractivity contribution in [3.8, 4) is 0 Å². The van der Waals surface area contributed by atoms with Crippen LogP contribution in [0, 0.1) is 0 Å². The summed E-state index contributed by atoms with van der Waals surface area (Å²) < 4.78 is 0. The van der Waals surface area contributed by atoms with Crippen molar-refractivity contribution in [1.82, 2.24) is 0 Å². The second-order valence-corrected chi connectivity index (χ2v) is 1.54. The Bertz CT molecular complexity index is 75.8. The van der Waals surface area contributed by atoms with Gasteiger partial charge in [0.15, 0.2) is 0 Å². The van der Waals surface area contributed by atoms with Crippen molar-refractivity contribution in [1.29, 1.82) is 0 Å². The van der Waals surface area contributed by atoms with E-state index < -0.39 is 0 Å². The predicted molar refractivity (Wildman–Crippen MR) is 39.5 cm³/mol. The van der Waals surface area contributed by atoms with Crippen molar-refractivity contribution < 1.29 is 21.7 Å².